The summed E-state index contributed by atoms with van der Waals surface area (Å²) in [6, 6.07) is -0.274. The van der Waals surface area contributed by atoms with E-state index in [-0.39, 0.29) is 11.9 Å². The lowest BCUT2D eigenvalue weighted by atomic mass is 10.1. The first-order valence-corrected chi connectivity index (χ1v) is 5.79. The molecule has 2 rings (SSSR count). The first-order valence-electron chi connectivity index (χ1n) is 5.79. The van der Waals surface area contributed by atoms with Crippen LogP contribution in [0.3, 0.4) is 0 Å². The van der Waals surface area contributed by atoms with Crippen LogP contribution < -0.4 is 5.32 Å². The van der Waals surface area contributed by atoms with Crippen LogP contribution in [-0.2, 0) is 9.59 Å². The van der Waals surface area contributed by atoms with Crippen LogP contribution >= 0.6 is 0 Å². The lowest BCUT2D eigenvalue weighted by Crippen LogP contribution is -2.45. The first-order chi connectivity index (χ1) is 7.31. The van der Waals surface area contributed by atoms with Crippen molar-refractivity contribution in [3.05, 3.63) is 0 Å². The smallest absolute Gasteiger partial charge is 0.245 e. The molecular formula is C11H18N2O2. The van der Waals surface area contributed by atoms with Crippen LogP contribution in [0, 0.1) is 5.92 Å². The van der Waals surface area contributed by atoms with Crippen LogP contribution in [0.1, 0.15) is 32.1 Å². The van der Waals surface area contributed by atoms with Crippen molar-refractivity contribution in [1.29, 1.82) is 0 Å². The molecule has 2 aliphatic rings. The molecule has 0 spiro atoms. The van der Waals surface area contributed by atoms with Gasteiger partial charge in [-0.2, -0.15) is 0 Å². The highest BCUT2D eigenvalue weighted by Gasteiger charge is 2.31. The van der Waals surface area contributed by atoms with Gasteiger partial charge in [0.1, 0.15) is 6.04 Å². The molecule has 0 unspecified atom stereocenters. The number of hydrogen-bond donors (Lipinski definition) is 1. The van der Waals surface area contributed by atoms with Crippen LogP contribution in [0.2, 0.25) is 0 Å². The van der Waals surface area contributed by atoms with Gasteiger partial charge < -0.3 is 10.2 Å². The van der Waals surface area contributed by atoms with Gasteiger partial charge in [-0.15, -0.1) is 0 Å². The van der Waals surface area contributed by atoms with Gasteiger partial charge in [0.2, 0.25) is 12.3 Å². The SMILES string of the molecule is O=CN[C@H]1CCCCN(CC2CC2)C1=O. The topological polar surface area (TPSA) is 49.4 Å². The zero-order chi connectivity index (χ0) is 10.7. The van der Waals surface area contributed by atoms with Gasteiger partial charge in [-0.1, -0.05) is 0 Å². The Hall–Kier alpha value is -1.06. The Balaban J connectivity index is 1.94. The molecule has 1 aliphatic carbocycles. The number of amides is 2. The molecule has 15 heavy (non-hydrogen) atoms. The van der Waals surface area contributed by atoms with Crippen LogP contribution in [0.5, 0.6) is 0 Å². The van der Waals surface area contributed by atoms with E-state index in [1.807, 2.05) is 4.90 Å². The van der Waals surface area contributed by atoms with E-state index in [0.717, 1.165) is 38.3 Å². The number of hydrogen-bond acceptors (Lipinski definition) is 2. The van der Waals surface area contributed by atoms with Crippen molar-refractivity contribution in [2.24, 2.45) is 5.92 Å². The number of rotatable bonds is 4. The molecule has 0 radical (unpaired) electrons. The summed E-state index contributed by atoms with van der Waals surface area (Å²) in [6.07, 6.45) is 6.04. The molecule has 0 bridgehead atoms. The second-order valence-corrected chi connectivity index (χ2v) is 4.56. The van der Waals surface area contributed by atoms with Gasteiger partial charge in [0.15, 0.2) is 0 Å². The Labute approximate surface area is 90.0 Å². The number of carbonyl (C=O) groups excluding carboxylic acids is 2. The quantitative estimate of drug-likeness (QED) is 0.688. The second kappa shape index (κ2) is 4.64. The van der Waals surface area contributed by atoms with Gasteiger partial charge in [-0.25, -0.2) is 0 Å². The average Bonchev–Trinajstić information content (AvgIpc) is 3.03. The molecule has 2 fully saturated rings. The minimum absolute atomic E-state index is 0.117. The predicted molar refractivity (Wildman–Crippen MR) is 56.1 cm³/mol. The van der Waals surface area contributed by atoms with Crippen LogP contribution in [0.4, 0.5) is 0 Å². The average molecular weight is 210 g/mol. The van der Waals surface area contributed by atoms with Crippen molar-refractivity contribution in [2.75, 3.05) is 13.1 Å². The summed E-state index contributed by atoms with van der Waals surface area (Å²) in [7, 11) is 0. The fourth-order valence-corrected chi connectivity index (χ4v) is 2.14. The fraction of sp³-hybridized carbons (Fsp3) is 0.818. The zero-order valence-corrected chi connectivity index (χ0v) is 8.95. The van der Waals surface area contributed by atoms with Gasteiger partial charge in [-0.05, 0) is 38.0 Å². The van der Waals surface area contributed by atoms with Crippen LogP contribution in [-0.4, -0.2) is 36.3 Å². The Morgan fingerprint density at radius 1 is 1.33 bits per heavy atom. The van der Waals surface area contributed by atoms with Crippen molar-refractivity contribution in [1.82, 2.24) is 10.2 Å². The number of carbonyl (C=O) groups is 2. The highest BCUT2D eigenvalue weighted by Crippen LogP contribution is 2.30. The Morgan fingerprint density at radius 2 is 2.13 bits per heavy atom. The molecule has 1 aliphatic heterocycles. The number of likely N-dealkylation sites (tertiary alicyclic amines) is 1. The Bertz CT molecular complexity index is 251. The van der Waals surface area contributed by atoms with Crippen molar-refractivity contribution < 1.29 is 9.59 Å². The zero-order valence-electron chi connectivity index (χ0n) is 8.95. The second-order valence-electron chi connectivity index (χ2n) is 4.56. The molecule has 1 atom stereocenters. The maximum Gasteiger partial charge on any atom is 0.245 e. The summed E-state index contributed by atoms with van der Waals surface area (Å²) in [6.45, 7) is 1.77. The lowest BCUT2D eigenvalue weighted by Gasteiger charge is -2.23. The number of nitrogens with zero attached hydrogens (tertiary/aromatic N) is 1. The lowest BCUT2D eigenvalue weighted by molar-refractivity contribution is -0.134. The van der Waals surface area contributed by atoms with Crippen molar-refractivity contribution in [3.8, 4) is 0 Å². The Morgan fingerprint density at radius 3 is 2.80 bits per heavy atom. The molecule has 1 saturated heterocycles. The summed E-state index contributed by atoms with van der Waals surface area (Å²) in [5, 5.41) is 2.63. The van der Waals surface area contributed by atoms with E-state index in [1.165, 1.54) is 12.8 Å². The Kier molecular flexibility index (Phi) is 3.23. The minimum Gasteiger partial charge on any atom is -0.347 e. The highest BCUT2D eigenvalue weighted by atomic mass is 16.2. The summed E-state index contributed by atoms with van der Waals surface area (Å²) in [4.78, 5) is 24.3. The van der Waals surface area contributed by atoms with E-state index in [0.29, 0.717) is 6.41 Å². The van der Waals surface area contributed by atoms with E-state index in [1.54, 1.807) is 0 Å². The van der Waals surface area contributed by atoms with E-state index in [9.17, 15) is 9.59 Å². The van der Waals surface area contributed by atoms with Crippen LogP contribution in [0.25, 0.3) is 0 Å². The van der Waals surface area contributed by atoms with E-state index >= 15 is 0 Å². The van der Waals surface area contributed by atoms with E-state index in [2.05, 4.69) is 5.32 Å². The molecule has 84 valence electrons. The first kappa shape index (κ1) is 10.5. The maximum atomic E-state index is 12.0. The molecule has 2 amide bonds. The van der Waals surface area contributed by atoms with Crippen molar-refractivity contribution in [2.45, 2.75) is 38.1 Å². The van der Waals surface area contributed by atoms with E-state index in [4.69, 9.17) is 0 Å². The number of nitrogens with one attached hydrogen (secondary N) is 1. The monoisotopic (exact) mass is 210 g/mol. The predicted octanol–water partition coefficient (Wildman–Crippen LogP) is 0.523. The summed E-state index contributed by atoms with van der Waals surface area (Å²) >= 11 is 0. The molecule has 4 nitrogen and oxygen atoms in total. The summed E-state index contributed by atoms with van der Waals surface area (Å²) in [5.74, 6) is 0.843. The maximum absolute atomic E-state index is 12.0. The van der Waals surface area contributed by atoms with Gasteiger partial charge >= 0.3 is 0 Å². The molecule has 1 N–H and O–H groups in total. The third kappa shape index (κ3) is 2.70. The largest absolute Gasteiger partial charge is 0.347 e. The third-order valence-electron chi connectivity index (χ3n) is 3.23. The van der Waals surface area contributed by atoms with Crippen LogP contribution in [0.15, 0.2) is 0 Å². The molecule has 1 heterocycles. The third-order valence-corrected chi connectivity index (χ3v) is 3.23. The molecular weight excluding hydrogens is 192 g/mol. The molecule has 4 heteroatoms. The highest BCUT2D eigenvalue weighted by molar-refractivity contribution is 5.83. The van der Waals surface area contributed by atoms with Gasteiger partial charge in [-0.3, -0.25) is 9.59 Å². The molecule has 0 aromatic heterocycles. The minimum atomic E-state index is -0.274. The van der Waals surface area contributed by atoms with Crippen molar-refractivity contribution >= 4 is 12.3 Å². The van der Waals surface area contributed by atoms with Gasteiger partial charge in [0.25, 0.3) is 0 Å². The van der Waals surface area contributed by atoms with Gasteiger partial charge in [0, 0.05) is 13.1 Å². The molecule has 0 aromatic rings. The fourth-order valence-electron chi connectivity index (χ4n) is 2.14. The normalized spacial score (nSPS) is 27.3. The summed E-state index contributed by atoms with van der Waals surface area (Å²) in [5.41, 5.74) is 0. The molecule has 1 saturated carbocycles. The van der Waals surface area contributed by atoms with Crippen molar-refractivity contribution in [3.63, 3.8) is 0 Å². The summed E-state index contributed by atoms with van der Waals surface area (Å²) < 4.78 is 0. The standard InChI is InChI=1S/C11H18N2O2/c14-8-12-10-3-1-2-6-13(11(10)15)7-9-4-5-9/h8-10H,1-7H2,(H,12,14)/t10-/m0/s1. The van der Waals surface area contributed by atoms with E-state index < -0.39 is 0 Å². The van der Waals surface area contributed by atoms with Gasteiger partial charge in [0.05, 0.1) is 0 Å². The molecule has 0 aromatic carbocycles.